The van der Waals surface area contributed by atoms with Crippen LogP contribution in [-0.4, -0.2) is 29.7 Å². The first-order valence-electron chi connectivity index (χ1n) is 5.46. The number of nitrogens with zero attached hydrogens (tertiary/aromatic N) is 1. The van der Waals surface area contributed by atoms with Gasteiger partial charge in [-0.2, -0.15) is 0 Å². The summed E-state index contributed by atoms with van der Waals surface area (Å²) in [4.78, 5) is 27.3. The van der Waals surface area contributed by atoms with Gasteiger partial charge in [-0.3, -0.25) is 9.59 Å². The molecule has 1 aliphatic heterocycles. The Labute approximate surface area is 99.1 Å². The van der Waals surface area contributed by atoms with Gasteiger partial charge in [-0.15, -0.1) is 11.3 Å². The summed E-state index contributed by atoms with van der Waals surface area (Å²) in [6.45, 7) is 4.93. The van der Waals surface area contributed by atoms with Gasteiger partial charge in [-0.1, -0.05) is 0 Å². The molecular weight excluding hydrogens is 222 g/mol. The third kappa shape index (κ3) is 2.16. The Balaban J connectivity index is 2.08. The van der Waals surface area contributed by atoms with Crippen molar-refractivity contribution >= 4 is 23.0 Å². The molecule has 0 radical (unpaired) electrons. The van der Waals surface area contributed by atoms with Crippen molar-refractivity contribution in [2.75, 3.05) is 13.1 Å². The van der Waals surface area contributed by atoms with Gasteiger partial charge in [0.25, 0.3) is 0 Å². The number of thiophene rings is 1. The van der Waals surface area contributed by atoms with E-state index in [0.717, 1.165) is 28.3 Å². The number of carbonyl (C=O) groups is 2. The minimum Gasteiger partial charge on any atom is -0.335 e. The van der Waals surface area contributed by atoms with Crippen LogP contribution in [0.4, 0.5) is 0 Å². The van der Waals surface area contributed by atoms with Crippen molar-refractivity contribution in [2.24, 2.45) is 0 Å². The molecular formula is C12H15NO2S. The number of carbonyl (C=O) groups excluding carboxylic acids is 2. The monoisotopic (exact) mass is 237 g/mol. The van der Waals surface area contributed by atoms with Gasteiger partial charge in [0.1, 0.15) is 0 Å². The van der Waals surface area contributed by atoms with Crippen LogP contribution in [0.3, 0.4) is 0 Å². The second kappa shape index (κ2) is 4.37. The quantitative estimate of drug-likeness (QED) is 0.756. The number of rotatable bonds is 3. The van der Waals surface area contributed by atoms with Crippen LogP contribution in [0, 0.1) is 13.8 Å². The van der Waals surface area contributed by atoms with Crippen molar-refractivity contribution in [3.63, 3.8) is 0 Å². The summed E-state index contributed by atoms with van der Waals surface area (Å²) in [5, 5.41) is 0. The smallest absolute Gasteiger partial charge is 0.223 e. The molecule has 2 rings (SSSR count). The van der Waals surface area contributed by atoms with E-state index in [9.17, 15) is 9.59 Å². The molecule has 0 unspecified atom stereocenters. The molecule has 0 bridgehead atoms. The molecule has 4 heteroatoms. The maximum atomic E-state index is 12.0. The molecule has 1 amide bonds. The van der Waals surface area contributed by atoms with Crippen LogP contribution in [0.15, 0.2) is 6.07 Å². The van der Waals surface area contributed by atoms with E-state index in [2.05, 4.69) is 0 Å². The molecule has 0 saturated carbocycles. The molecule has 0 N–H and O–H groups in total. The van der Waals surface area contributed by atoms with Gasteiger partial charge in [0.05, 0.1) is 6.54 Å². The third-order valence-corrected chi connectivity index (χ3v) is 3.81. The first-order chi connectivity index (χ1) is 7.58. The number of hydrogen-bond acceptors (Lipinski definition) is 3. The summed E-state index contributed by atoms with van der Waals surface area (Å²) in [6, 6.07) is 1.92. The molecule has 2 heterocycles. The highest BCUT2D eigenvalue weighted by atomic mass is 32.1. The largest absolute Gasteiger partial charge is 0.335 e. The van der Waals surface area contributed by atoms with Crippen LogP contribution in [0.25, 0.3) is 0 Å². The third-order valence-electron chi connectivity index (χ3n) is 2.85. The number of ketones is 1. The molecule has 1 fully saturated rings. The first kappa shape index (κ1) is 11.3. The molecule has 86 valence electrons. The van der Waals surface area contributed by atoms with E-state index in [1.807, 2.05) is 19.9 Å². The SMILES string of the molecule is Cc1cc(C(=O)CN2CCCC2=O)c(C)s1. The summed E-state index contributed by atoms with van der Waals surface area (Å²) < 4.78 is 0. The molecule has 0 atom stereocenters. The lowest BCUT2D eigenvalue weighted by atomic mass is 10.1. The number of hydrogen-bond donors (Lipinski definition) is 0. The molecule has 1 aromatic heterocycles. The number of amides is 1. The lowest BCUT2D eigenvalue weighted by molar-refractivity contribution is -0.127. The highest BCUT2D eigenvalue weighted by molar-refractivity contribution is 7.12. The second-order valence-corrected chi connectivity index (χ2v) is 5.63. The fourth-order valence-electron chi connectivity index (χ4n) is 2.04. The average molecular weight is 237 g/mol. The maximum Gasteiger partial charge on any atom is 0.223 e. The average Bonchev–Trinajstić information content (AvgIpc) is 2.74. The molecule has 1 aliphatic rings. The Morgan fingerprint density at radius 2 is 2.25 bits per heavy atom. The van der Waals surface area contributed by atoms with Gasteiger partial charge >= 0.3 is 0 Å². The van der Waals surface area contributed by atoms with Crippen molar-refractivity contribution in [1.29, 1.82) is 0 Å². The zero-order valence-electron chi connectivity index (χ0n) is 9.58. The van der Waals surface area contributed by atoms with E-state index in [-0.39, 0.29) is 18.2 Å². The van der Waals surface area contributed by atoms with Gasteiger partial charge in [0, 0.05) is 28.3 Å². The lowest BCUT2D eigenvalue weighted by Gasteiger charge is -2.13. The second-order valence-electron chi connectivity index (χ2n) is 4.17. The predicted molar refractivity (Wildman–Crippen MR) is 63.9 cm³/mol. The van der Waals surface area contributed by atoms with E-state index >= 15 is 0 Å². The molecule has 16 heavy (non-hydrogen) atoms. The van der Waals surface area contributed by atoms with Crippen molar-refractivity contribution in [2.45, 2.75) is 26.7 Å². The van der Waals surface area contributed by atoms with Crippen molar-refractivity contribution in [3.05, 3.63) is 21.4 Å². The highest BCUT2D eigenvalue weighted by Gasteiger charge is 2.23. The lowest BCUT2D eigenvalue weighted by Crippen LogP contribution is -2.30. The van der Waals surface area contributed by atoms with Crippen LogP contribution in [0.1, 0.15) is 33.0 Å². The van der Waals surface area contributed by atoms with E-state index in [1.165, 1.54) is 0 Å². The summed E-state index contributed by atoms with van der Waals surface area (Å²) >= 11 is 1.63. The summed E-state index contributed by atoms with van der Waals surface area (Å²) in [7, 11) is 0. The van der Waals surface area contributed by atoms with Crippen LogP contribution >= 0.6 is 11.3 Å². The highest BCUT2D eigenvalue weighted by Crippen LogP contribution is 2.21. The molecule has 0 aromatic carbocycles. The minimum atomic E-state index is 0.0668. The molecule has 0 aliphatic carbocycles. The molecule has 1 aromatic rings. The number of likely N-dealkylation sites (tertiary alicyclic amines) is 1. The van der Waals surface area contributed by atoms with E-state index in [0.29, 0.717) is 6.42 Å². The zero-order chi connectivity index (χ0) is 11.7. The summed E-state index contributed by atoms with van der Waals surface area (Å²) in [6.07, 6.45) is 1.47. The van der Waals surface area contributed by atoms with Gasteiger partial charge in [-0.25, -0.2) is 0 Å². The van der Waals surface area contributed by atoms with Crippen molar-refractivity contribution in [1.82, 2.24) is 4.90 Å². The Kier molecular flexibility index (Phi) is 3.10. The fraction of sp³-hybridized carbons (Fsp3) is 0.500. The Morgan fingerprint density at radius 1 is 1.50 bits per heavy atom. The van der Waals surface area contributed by atoms with E-state index in [1.54, 1.807) is 16.2 Å². The fourth-order valence-corrected chi connectivity index (χ4v) is 2.98. The van der Waals surface area contributed by atoms with Gasteiger partial charge in [-0.05, 0) is 26.3 Å². The van der Waals surface area contributed by atoms with Crippen LogP contribution in [0.2, 0.25) is 0 Å². The van der Waals surface area contributed by atoms with Crippen molar-refractivity contribution in [3.8, 4) is 0 Å². The summed E-state index contributed by atoms with van der Waals surface area (Å²) in [5.74, 6) is 0.176. The van der Waals surface area contributed by atoms with Gasteiger partial charge in [0.15, 0.2) is 5.78 Å². The summed E-state index contributed by atoms with van der Waals surface area (Å²) in [5.41, 5.74) is 0.780. The van der Waals surface area contributed by atoms with Crippen LogP contribution < -0.4 is 0 Å². The van der Waals surface area contributed by atoms with Gasteiger partial charge in [0.2, 0.25) is 5.91 Å². The normalized spacial score (nSPS) is 15.9. The van der Waals surface area contributed by atoms with Crippen molar-refractivity contribution < 1.29 is 9.59 Å². The van der Waals surface area contributed by atoms with E-state index < -0.39 is 0 Å². The molecule has 0 spiro atoms. The number of aryl methyl sites for hydroxylation is 2. The minimum absolute atomic E-state index is 0.0668. The van der Waals surface area contributed by atoms with Crippen LogP contribution in [-0.2, 0) is 4.79 Å². The topological polar surface area (TPSA) is 37.4 Å². The maximum absolute atomic E-state index is 12.0. The zero-order valence-corrected chi connectivity index (χ0v) is 10.4. The Hall–Kier alpha value is -1.16. The Bertz CT molecular complexity index is 436. The first-order valence-corrected chi connectivity index (χ1v) is 6.27. The standard InChI is InChI=1S/C12H15NO2S/c1-8-6-10(9(2)16-8)11(14)7-13-5-3-4-12(13)15/h6H,3-5,7H2,1-2H3. The van der Waals surface area contributed by atoms with Gasteiger partial charge < -0.3 is 4.90 Å². The van der Waals surface area contributed by atoms with Crippen LogP contribution in [0.5, 0.6) is 0 Å². The molecule has 1 saturated heterocycles. The van der Waals surface area contributed by atoms with E-state index in [4.69, 9.17) is 0 Å². The Morgan fingerprint density at radius 3 is 2.75 bits per heavy atom. The molecule has 3 nitrogen and oxygen atoms in total. The number of Topliss-reactive ketones (excluding diaryl/α,β-unsaturated/α-hetero) is 1. The predicted octanol–water partition coefficient (Wildman–Crippen LogP) is 2.17.